The highest BCUT2D eigenvalue weighted by molar-refractivity contribution is 5.89. The van der Waals surface area contributed by atoms with Gasteiger partial charge < -0.3 is 43.8 Å². The molecule has 0 aliphatic heterocycles. The van der Waals surface area contributed by atoms with Crippen LogP contribution in [0.25, 0.3) is 0 Å². The van der Waals surface area contributed by atoms with E-state index < -0.39 is 35.2 Å². The molecular formula is C44H64N2O11. The topological polar surface area (TPSA) is 157 Å². The van der Waals surface area contributed by atoms with E-state index in [1.807, 2.05) is 27.7 Å². The fraction of sp³-hybridized carbons (Fsp3) is 0.818. The van der Waals surface area contributed by atoms with Gasteiger partial charge in [0.1, 0.15) is 24.3 Å². The van der Waals surface area contributed by atoms with Crippen LogP contribution in [0.2, 0.25) is 0 Å². The van der Waals surface area contributed by atoms with Crippen molar-refractivity contribution < 1.29 is 52.3 Å². The summed E-state index contributed by atoms with van der Waals surface area (Å²) in [7, 11) is 0. The molecular weight excluding hydrogens is 732 g/mol. The molecule has 6 aliphatic rings. The monoisotopic (exact) mass is 796 g/mol. The average Bonchev–Trinajstić information content (AvgIpc) is 3.99. The van der Waals surface area contributed by atoms with Gasteiger partial charge in [0.2, 0.25) is 0 Å². The van der Waals surface area contributed by atoms with E-state index in [9.17, 15) is 19.2 Å². The van der Waals surface area contributed by atoms with Gasteiger partial charge in [-0.15, -0.1) is 23.7 Å². The minimum atomic E-state index is -0.997. The first-order valence-corrected chi connectivity index (χ1v) is 21.2. The van der Waals surface area contributed by atoms with Crippen LogP contribution in [0.15, 0.2) is 0 Å². The van der Waals surface area contributed by atoms with Crippen LogP contribution in [0.4, 0.5) is 9.59 Å². The number of fused-ring (bicyclic) bond motifs is 2. The molecule has 2 N–H and O–H groups in total. The van der Waals surface area contributed by atoms with Crippen LogP contribution in [0.3, 0.4) is 0 Å². The van der Waals surface area contributed by atoms with Crippen molar-refractivity contribution in [3.05, 3.63) is 0 Å². The standard InChI is InChI=1S/C44H64N2O11/c1-41(2,27-51-21-23-54-37(47)43(17-18-43)45-39(49)56-25-35-31-13-9-5-6-10-14-32(31)35)29-53-30-42(3,4)28-52-22-24-55-38(48)44(19-20-44)46-40(50)57-26-36-33-15-11-7-8-12-16-34(33)36/h31-36H,9-30H2,1-4H3,(H,45,49)(H,46,50)/t31-,32+,33-,34+,35?,36?. The van der Waals surface area contributed by atoms with E-state index in [-0.39, 0.29) is 37.3 Å². The molecule has 0 radical (unpaired) electrons. The lowest BCUT2D eigenvalue weighted by atomic mass is 9.94. The smallest absolute Gasteiger partial charge is 0.408 e. The summed E-state index contributed by atoms with van der Waals surface area (Å²) >= 11 is 0. The van der Waals surface area contributed by atoms with Gasteiger partial charge in [-0.25, -0.2) is 19.2 Å². The first kappa shape index (κ1) is 43.1. The predicted molar refractivity (Wildman–Crippen MR) is 208 cm³/mol. The Balaban J connectivity index is 0.754. The third kappa shape index (κ3) is 12.7. The SMILES string of the molecule is CC(C)(COCCOC(=O)C1(NC(=O)OCC2[C@H]3CCC#CCC[C@@H]23)CC1)COCC(C)(C)COCCOC(=O)C1(NC(=O)OCC2[C@H]3CCC#CCC[C@@H]23)CC1. The molecule has 0 heterocycles. The van der Waals surface area contributed by atoms with Crippen molar-refractivity contribution in [3.63, 3.8) is 0 Å². The zero-order chi connectivity index (χ0) is 40.5. The minimum Gasteiger partial charge on any atom is -0.461 e. The van der Waals surface area contributed by atoms with Gasteiger partial charge in [0.15, 0.2) is 0 Å². The molecule has 0 aromatic heterocycles. The predicted octanol–water partition coefficient (Wildman–Crippen LogP) is 5.57. The van der Waals surface area contributed by atoms with E-state index >= 15 is 0 Å². The summed E-state index contributed by atoms with van der Waals surface area (Å²) in [5.74, 6) is 15.0. The summed E-state index contributed by atoms with van der Waals surface area (Å²) in [4.78, 5) is 50.5. The number of hydrogen-bond donors (Lipinski definition) is 2. The third-order valence-electron chi connectivity index (χ3n) is 12.3. The molecule has 316 valence electrons. The number of ether oxygens (including phenoxy) is 7. The Bertz CT molecular complexity index is 1410. The normalized spacial score (nSPS) is 27.2. The molecule has 6 atom stereocenters. The quantitative estimate of drug-likeness (QED) is 0.0611. The largest absolute Gasteiger partial charge is 0.461 e. The van der Waals surface area contributed by atoms with Gasteiger partial charge in [-0.3, -0.25) is 0 Å². The molecule has 2 amide bonds. The maximum Gasteiger partial charge on any atom is 0.408 e. The van der Waals surface area contributed by atoms with E-state index in [2.05, 4.69) is 34.3 Å². The maximum absolute atomic E-state index is 12.8. The van der Waals surface area contributed by atoms with E-state index in [0.29, 0.717) is 101 Å². The van der Waals surface area contributed by atoms with Gasteiger partial charge in [-0.05, 0) is 86.9 Å². The van der Waals surface area contributed by atoms with Crippen LogP contribution in [0.1, 0.15) is 105 Å². The Kier molecular flexibility index (Phi) is 14.4. The van der Waals surface area contributed by atoms with Crippen molar-refractivity contribution in [2.75, 3.05) is 66.1 Å². The zero-order valence-corrected chi connectivity index (χ0v) is 34.5. The molecule has 4 saturated carbocycles. The number of hydrogen-bond acceptors (Lipinski definition) is 11. The second kappa shape index (κ2) is 19.0. The summed E-state index contributed by atoms with van der Waals surface area (Å²) in [6.07, 6.45) is 8.90. The van der Waals surface area contributed by atoms with Crippen LogP contribution < -0.4 is 10.6 Å². The Morgan fingerprint density at radius 3 is 1.18 bits per heavy atom. The molecule has 13 heteroatoms. The number of nitrogens with one attached hydrogen (secondary N) is 2. The minimum absolute atomic E-state index is 0.0866. The van der Waals surface area contributed by atoms with Crippen LogP contribution in [0.5, 0.6) is 0 Å². The van der Waals surface area contributed by atoms with Crippen LogP contribution in [-0.4, -0.2) is 101 Å². The highest BCUT2D eigenvalue weighted by Gasteiger charge is 2.55. The number of alkyl carbamates (subject to hydrolysis) is 2. The van der Waals surface area contributed by atoms with Crippen molar-refractivity contribution in [3.8, 4) is 23.7 Å². The Morgan fingerprint density at radius 1 is 0.509 bits per heavy atom. The summed E-state index contributed by atoms with van der Waals surface area (Å²) in [5, 5.41) is 5.49. The fourth-order valence-corrected chi connectivity index (χ4v) is 8.43. The third-order valence-corrected chi connectivity index (χ3v) is 12.3. The number of rotatable bonds is 22. The van der Waals surface area contributed by atoms with Crippen LogP contribution in [0, 0.1) is 70.0 Å². The van der Waals surface area contributed by atoms with Gasteiger partial charge in [-0.1, -0.05) is 27.7 Å². The molecule has 0 bridgehead atoms. The highest BCUT2D eigenvalue weighted by atomic mass is 16.6. The fourth-order valence-electron chi connectivity index (χ4n) is 8.43. The molecule has 0 saturated heterocycles. The maximum atomic E-state index is 12.8. The van der Waals surface area contributed by atoms with Crippen molar-refractivity contribution >= 4 is 24.1 Å². The van der Waals surface area contributed by atoms with Crippen molar-refractivity contribution in [1.82, 2.24) is 10.6 Å². The van der Waals surface area contributed by atoms with Gasteiger partial charge in [-0.2, -0.15) is 0 Å². The van der Waals surface area contributed by atoms with Gasteiger partial charge >= 0.3 is 24.1 Å². The molecule has 0 aromatic rings. The Morgan fingerprint density at radius 2 is 0.842 bits per heavy atom. The second-order valence-corrected chi connectivity index (χ2v) is 18.7. The number of esters is 2. The molecule has 2 unspecified atom stereocenters. The lowest BCUT2D eigenvalue weighted by Crippen LogP contribution is -2.45. The van der Waals surface area contributed by atoms with Crippen LogP contribution in [-0.2, 0) is 42.7 Å². The summed E-state index contributed by atoms with van der Waals surface area (Å²) < 4.78 is 39.6. The molecule has 57 heavy (non-hydrogen) atoms. The highest BCUT2D eigenvalue weighted by Crippen LogP contribution is 2.53. The number of amides is 2. The number of carbonyl (C=O) groups is 4. The second-order valence-electron chi connectivity index (χ2n) is 18.7. The average molecular weight is 797 g/mol. The van der Waals surface area contributed by atoms with E-state index in [1.165, 1.54) is 0 Å². The molecule has 6 aliphatic carbocycles. The van der Waals surface area contributed by atoms with Crippen molar-refractivity contribution in [1.29, 1.82) is 0 Å². The van der Waals surface area contributed by atoms with E-state index in [0.717, 1.165) is 51.4 Å². The first-order chi connectivity index (χ1) is 27.3. The zero-order valence-electron chi connectivity index (χ0n) is 34.5. The first-order valence-electron chi connectivity index (χ1n) is 21.2. The lowest BCUT2D eigenvalue weighted by Gasteiger charge is -2.29. The van der Waals surface area contributed by atoms with E-state index in [1.54, 1.807) is 0 Å². The molecule has 6 rings (SSSR count). The summed E-state index contributed by atoms with van der Waals surface area (Å²) in [6.45, 7) is 11.3. The summed E-state index contributed by atoms with van der Waals surface area (Å²) in [5.41, 5.74) is -2.57. The van der Waals surface area contributed by atoms with Gasteiger partial charge in [0, 0.05) is 36.5 Å². The van der Waals surface area contributed by atoms with Crippen LogP contribution >= 0.6 is 0 Å². The molecule has 0 spiro atoms. The van der Waals surface area contributed by atoms with Crippen molar-refractivity contribution in [2.24, 2.45) is 46.3 Å². The van der Waals surface area contributed by atoms with Gasteiger partial charge in [0.05, 0.1) is 52.9 Å². The Labute approximate surface area is 338 Å². The lowest BCUT2D eigenvalue weighted by molar-refractivity contribution is -0.149. The van der Waals surface area contributed by atoms with Gasteiger partial charge in [0.25, 0.3) is 0 Å². The molecule has 13 nitrogen and oxygen atoms in total. The number of carbonyl (C=O) groups excluding carboxylic acids is 4. The van der Waals surface area contributed by atoms with E-state index in [4.69, 9.17) is 33.2 Å². The summed E-state index contributed by atoms with van der Waals surface area (Å²) in [6, 6.07) is 0. The molecule has 0 aromatic carbocycles. The molecule has 4 fully saturated rings. The van der Waals surface area contributed by atoms with Crippen molar-refractivity contribution in [2.45, 2.75) is 116 Å². The Hall–Kier alpha value is -3.52.